The second-order valence-electron chi connectivity index (χ2n) is 8.09. The third-order valence-electron chi connectivity index (χ3n) is 6.43. The molecule has 0 N–H and O–H groups in total. The predicted molar refractivity (Wildman–Crippen MR) is 103 cm³/mol. The van der Waals surface area contributed by atoms with E-state index in [4.69, 9.17) is 4.74 Å². The zero-order valence-electron chi connectivity index (χ0n) is 16.3. The summed E-state index contributed by atoms with van der Waals surface area (Å²) in [5, 5.41) is 0. The summed E-state index contributed by atoms with van der Waals surface area (Å²) in [7, 11) is 0. The van der Waals surface area contributed by atoms with Gasteiger partial charge in [0.15, 0.2) is 0 Å². The van der Waals surface area contributed by atoms with E-state index in [2.05, 4.69) is 6.92 Å². The minimum absolute atomic E-state index is 0.0606. The van der Waals surface area contributed by atoms with Crippen LogP contribution in [0.5, 0.6) is 0 Å². The summed E-state index contributed by atoms with van der Waals surface area (Å²) >= 11 is 0. The molecule has 2 aliphatic heterocycles. The highest BCUT2D eigenvalue weighted by Crippen LogP contribution is 2.41. The Balaban J connectivity index is 1.64. The number of amides is 2. The van der Waals surface area contributed by atoms with Gasteiger partial charge in [-0.25, -0.2) is 0 Å². The van der Waals surface area contributed by atoms with Crippen LogP contribution >= 0.6 is 0 Å². The van der Waals surface area contributed by atoms with Crippen molar-refractivity contribution in [3.63, 3.8) is 0 Å². The number of nitrogens with zero attached hydrogens (tertiary/aromatic N) is 2. The number of hydrogen-bond acceptors (Lipinski definition) is 3. The van der Waals surface area contributed by atoms with Crippen molar-refractivity contribution in [2.45, 2.75) is 70.1 Å². The maximum atomic E-state index is 13.5. The summed E-state index contributed by atoms with van der Waals surface area (Å²) < 4.78 is 6.23. The summed E-state index contributed by atoms with van der Waals surface area (Å²) in [6.07, 6.45) is 7.97. The van der Waals surface area contributed by atoms with Gasteiger partial charge in [0.1, 0.15) is 11.8 Å². The smallest absolute Gasteiger partial charge is 0.256 e. The normalized spacial score (nSPS) is 24.6. The van der Waals surface area contributed by atoms with Crippen molar-refractivity contribution in [3.8, 4) is 0 Å². The number of benzene rings is 1. The minimum atomic E-state index is -0.598. The molecule has 1 aliphatic carbocycles. The molecule has 3 fully saturated rings. The summed E-state index contributed by atoms with van der Waals surface area (Å²) in [5.41, 5.74) is 1.27. The maximum Gasteiger partial charge on any atom is 0.256 e. The first kappa shape index (κ1) is 18.5. The Morgan fingerprint density at radius 3 is 2.33 bits per heavy atom. The highest BCUT2D eigenvalue weighted by Gasteiger charge is 2.53. The topological polar surface area (TPSA) is 49.9 Å². The van der Waals surface area contributed by atoms with Gasteiger partial charge in [0.2, 0.25) is 5.91 Å². The Morgan fingerprint density at radius 2 is 1.70 bits per heavy atom. The fourth-order valence-electron chi connectivity index (χ4n) is 4.83. The van der Waals surface area contributed by atoms with Crippen molar-refractivity contribution in [1.82, 2.24) is 9.80 Å². The summed E-state index contributed by atoms with van der Waals surface area (Å²) in [4.78, 5) is 30.4. The molecule has 2 saturated heterocycles. The lowest BCUT2D eigenvalue weighted by Gasteiger charge is -2.42. The number of hydrogen-bond donors (Lipinski definition) is 0. The van der Waals surface area contributed by atoms with E-state index in [0.717, 1.165) is 58.0 Å². The number of rotatable bonds is 3. The Bertz CT molecular complexity index is 688. The molecule has 5 heteroatoms. The molecule has 2 heterocycles. The lowest BCUT2D eigenvalue weighted by atomic mass is 9.89. The van der Waals surface area contributed by atoms with Crippen LogP contribution in [0, 0.1) is 0 Å². The van der Waals surface area contributed by atoms with Crippen LogP contribution in [0.25, 0.3) is 0 Å². The molecule has 1 atom stereocenters. The van der Waals surface area contributed by atoms with Gasteiger partial charge < -0.3 is 9.64 Å². The molecule has 2 amide bonds. The molecule has 5 nitrogen and oxygen atoms in total. The van der Waals surface area contributed by atoms with Crippen molar-refractivity contribution in [2.75, 3.05) is 19.7 Å². The summed E-state index contributed by atoms with van der Waals surface area (Å²) in [6, 6.07) is 7.32. The molecule has 146 valence electrons. The van der Waals surface area contributed by atoms with Crippen LogP contribution in [0.2, 0.25) is 0 Å². The molecule has 0 unspecified atom stereocenters. The largest absolute Gasteiger partial charge is 0.353 e. The lowest BCUT2D eigenvalue weighted by Crippen LogP contribution is -2.56. The highest BCUT2D eigenvalue weighted by molar-refractivity contribution is 5.98. The molecule has 1 aromatic rings. The molecule has 1 aromatic carbocycles. The number of carbonyl (C=O) groups is 2. The minimum Gasteiger partial charge on any atom is -0.353 e. The van der Waals surface area contributed by atoms with E-state index >= 15 is 0 Å². The van der Waals surface area contributed by atoms with Crippen LogP contribution in [0.15, 0.2) is 24.3 Å². The fourth-order valence-corrected chi connectivity index (χ4v) is 4.83. The predicted octanol–water partition coefficient (Wildman–Crippen LogP) is 3.37. The summed E-state index contributed by atoms with van der Waals surface area (Å²) in [5.74, 6) is 0.00285. The Hall–Kier alpha value is -1.88. The van der Waals surface area contributed by atoms with Crippen molar-refractivity contribution in [1.29, 1.82) is 0 Å². The van der Waals surface area contributed by atoms with Gasteiger partial charge in [-0.2, -0.15) is 0 Å². The lowest BCUT2D eigenvalue weighted by molar-refractivity contribution is -0.136. The Labute approximate surface area is 161 Å². The molecule has 0 bridgehead atoms. The number of likely N-dealkylation sites (tertiary alicyclic amines) is 1. The molecular formula is C22H30N2O3. The van der Waals surface area contributed by atoms with Gasteiger partial charge in [0, 0.05) is 18.7 Å². The fraction of sp³-hybridized carbons (Fsp3) is 0.636. The average Bonchev–Trinajstić information content (AvgIpc) is 3.36. The first-order valence-electron chi connectivity index (χ1n) is 10.5. The first-order chi connectivity index (χ1) is 13.1. The summed E-state index contributed by atoms with van der Waals surface area (Å²) in [6.45, 7) is 4.03. The zero-order valence-corrected chi connectivity index (χ0v) is 16.3. The molecule has 1 spiro atoms. The van der Waals surface area contributed by atoms with Crippen molar-refractivity contribution in [2.24, 2.45) is 0 Å². The van der Waals surface area contributed by atoms with Gasteiger partial charge >= 0.3 is 0 Å². The molecule has 0 radical (unpaired) electrons. The van der Waals surface area contributed by atoms with E-state index in [1.54, 1.807) is 0 Å². The molecule has 27 heavy (non-hydrogen) atoms. The van der Waals surface area contributed by atoms with Crippen LogP contribution in [0.4, 0.5) is 0 Å². The first-order valence-corrected chi connectivity index (χ1v) is 10.5. The van der Waals surface area contributed by atoms with Crippen LogP contribution in [0.1, 0.15) is 67.8 Å². The van der Waals surface area contributed by atoms with E-state index < -0.39 is 11.8 Å². The van der Waals surface area contributed by atoms with E-state index in [1.165, 1.54) is 12.0 Å². The Morgan fingerprint density at radius 1 is 1.04 bits per heavy atom. The van der Waals surface area contributed by atoms with Gasteiger partial charge in [0.05, 0.1) is 6.61 Å². The van der Waals surface area contributed by atoms with Gasteiger partial charge in [-0.1, -0.05) is 25.5 Å². The number of carbonyl (C=O) groups excluding carboxylic acids is 2. The standard InChI is InChI=1S/C22H30N2O3/c1-2-17-8-10-18(11-9-17)20(25)24-19(21(26)23-14-6-7-15-23)16-27-22(24)12-4-3-5-13-22/h8-11,19H,2-7,12-16H2,1H3/t19-/m0/s1. The van der Waals surface area contributed by atoms with Crippen molar-refractivity contribution < 1.29 is 14.3 Å². The van der Waals surface area contributed by atoms with Gasteiger partial charge in [-0.15, -0.1) is 0 Å². The molecule has 0 aromatic heterocycles. The number of ether oxygens (including phenoxy) is 1. The van der Waals surface area contributed by atoms with Crippen LogP contribution in [0.3, 0.4) is 0 Å². The SMILES string of the molecule is CCc1ccc(C(=O)N2[C@H](C(=O)N3CCCC3)COC23CCCCC3)cc1. The van der Waals surface area contributed by atoms with Crippen LogP contribution in [-0.4, -0.2) is 53.1 Å². The highest BCUT2D eigenvalue weighted by atomic mass is 16.5. The third-order valence-corrected chi connectivity index (χ3v) is 6.43. The van der Waals surface area contributed by atoms with Gasteiger partial charge in [-0.05, 0) is 62.6 Å². The number of aryl methyl sites for hydroxylation is 1. The average molecular weight is 370 g/mol. The van der Waals surface area contributed by atoms with E-state index in [1.807, 2.05) is 34.1 Å². The second kappa shape index (κ2) is 7.63. The third kappa shape index (κ3) is 3.38. The molecule has 4 rings (SSSR count). The van der Waals surface area contributed by atoms with Crippen LogP contribution in [-0.2, 0) is 16.0 Å². The van der Waals surface area contributed by atoms with Gasteiger partial charge in [-0.3, -0.25) is 14.5 Å². The van der Waals surface area contributed by atoms with E-state index in [-0.39, 0.29) is 11.8 Å². The quantitative estimate of drug-likeness (QED) is 0.820. The van der Waals surface area contributed by atoms with E-state index in [0.29, 0.717) is 12.2 Å². The van der Waals surface area contributed by atoms with Crippen LogP contribution < -0.4 is 0 Å². The zero-order chi connectivity index (χ0) is 18.9. The Kier molecular flexibility index (Phi) is 5.22. The second-order valence-corrected chi connectivity index (χ2v) is 8.09. The maximum absolute atomic E-state index is 13.5. The molecular weight excluding hydrogens is 340 g/mol. The van der Waals surface area contributed by atoms with E-state index in [9.17, 15) is 9.59 Å². The van der Waals surface area contributed by atoms with Gasteiger partial charge in [0.25, 0.3) is 5.91 Å². The van der Waals surface area contributed by atoms with Crippen molar-refractivity contribution in [3.05, 3.63) is 35.4 Å². The monoisotopic (exact) mass is 370 g/mol. The molecule has 3 aliphatic rings. The molecule has 1 saturated carbocycles. The van der Waals surface area contributed by atoms with Crippen molar-refractivity contribution >= 4 is 11.8 Å².